The first-order chi connectivity index (χ1) is 8.19. The van der Waals surface area contributed by atoms with Crippen molar-refractivity contribution in [2.75, 3.05) is 14.1 Å². The van der Waals surface area contributed by atoms with E-state index in [0.29, 0.717) is 0 Å². The molecule has 1 rings (SSSR count). The van der Waals surface area contributed by atoms with Crippen LogP contribution < -0.4 is 5.43 Å². The van der Waals surface area contributed by atoms with E-state index >= 15 is 0 Å². The molecule has 1 aliphatic heterocycles. The zero-order chi connectivity index (χ0) is 14.1. The van der Waals surface area contributed by atoms with E-state index in [2.05, 4.69) is 5.43 Å². The summed E-state index contributed by atoms with van der Waals surface area (Å²) in [5.41, 5.74) is 1.32. The van der Waals surface area contributed by atoms with Crippen LogP contribution in [0.1, 0.15) is 26.7 Å². The molecule has 0 radical (unpaired) electrons. The lowest BCUT2D eigenvalue weighted by Crippen LogP contribution is -2.71. The third kappa shape index (κ3) is 2.56. The topological polar surface area (TPSA) is 86.8 Å². The van der Waals surface area contributed by atoms with Crippen LogP contribution in [0.15, 0.2) is 0 Å². The Hall–Kier alpha value is -1.76. The van der Waals surface area contributed by atoms with Crippen molar-refractivity contribution >= 4 is 23.5 Å². The molecule has 18 heavy (non-hydrogen) atoms. The molecule has 7 nitrogen and oxygen atoms in total. The molecule has 0 aromatic heterocycles. The molecule has 0 unspecified atom stereocenters. The van der Waals surface area contributed by atoms with Gasteiger partial charge in [-0.1, -0.05) is 0 Å². The highest BCUT2D eigenvalue weighted by molar-refractivity contribution is 6.05. The van der Waals surface area contributed by atoms with E-state index in [0.717, 1.165) is 9.91 Å². The predicted octanol–water partition coefficient (Wildman–Crippen LogP) is -0.288. The standard InChI is InChI=1S/C11H17N3O4/c1-7(15)5-11(6-8(2)16)9(17)13(3)10(18)14(4)12-11/h12H,5-6H2,1-4H3. The number of likely N-dealkylation sites (N-methyl/N-ethyl adjacent to an activating group) is 1. The average molecular weight is 255 g/mol. The molecule has 0 aromatic carbocycles. The number of carbonyl (C=O) groups is 4. The lowest BCUT2D eigenvalue weighted by Gasteiger charge is -2.43. The first-order valence-corrected chi connectivity index (χ1v) is 5.52. The van der Waals surface area contributed by atoms with Crippen molar-refractivity contribution in [3.8, 4) is 0 Å². The number of imide groups is 1. The van der Waals surface area contributed by atoms with Crippen LogP contribution in [0, 0.1) is 0 Å². The maximum absolute atomic E-state index is 12.2. The van der Waals surface area contributed by atoms with Crippen molar-refractivity contribution in [3.05, 3.63) is 0 Å². The molecule has 0 aromatic rings. The molecule has 1 saturated heterocycles. The van der Waals surface area contributed by atoms with Gasteiger partial charge in [0.25, 0.3) is 5.91 Å². The summed E-state index contributed by atoms with van der Waals surface area (Å²) in [7, 11) is 2.78. The van der Waals surface area contributed by atoms with Gasteiger partial charge in [-0.2, -0.15) is 0 Å². The number of nitrogens with zero attached hydrogens (tertiary/aromatic N) is 2. The Kier molecular flexibility index (Phi) is 3.85. The minimum absolute atomic E-state index is 0.132. The fourth-order valence-electron chi connectivity index (χ4n) is 2.19. The molecule has 7 heteroatoms. The maximum atomic E-state index is 12.2. The molecule has 0 spiro atoms. The van der Waals surface area contributed by atoms with Crippen molar-refractivity contribution in [1.82, 2.24) is 15.3 Å². The Morgan fingerprint density at radius 1 is 1.11 bits per heavy atom. The van der Waals surface area contributed by atoms with Crippen LogP contribution in [0.25, 0.3) is 0 Å². The number of urea groups is 1. The Morgan fingerprint density at radius 2 is 1.56 bits per heavy atom. The molecule has 100 valence electrons. The first kappa shape index (κ1) is 14.3. The lowest BCUT2D eigenvalue weighted by molar-refractivity contribution is -0.146. The maximum Gasteiger partial charge on any atom is 0.340 e. The van der Waals surface area contributed by atoms with Crippen LogP contribution in [-0.4, -0.2) is 53.0 Å². The first-order valence-electron chi connectivity index (χ1n) is 5.52. The SMILES string of the molecule is CC(=O)CC1(CC(C)=O)NN(C)C(=O)N(C)C1=O. The van der Waals surface area contributed by atoms with E-state index in [1.807, 2.05) is 0 Å². The highest BCUT2D eigenvalue weighted by atomic mass is 16.2. The van der Waals surface area contributed by atoms with Crippen molar-refractivity contribution in [3.63, 3.8) is 0 Å². The largest absolute Gasteiger partial charge is 0.340 e. The van der Waals surface area contributed by atoms with Crippen LogP contribution in [0.5, 0.6) is 0 Å². The number of Topliss-reactive ketones (excluding diaryl/α,β-unsaturated/α-hetero) is 2. The van der Waals surface area contributed by atoms with Gasteiger partial charge in [-0.05, 0) is 13.8 Å². The Morgan fingerprint density at radius 3 is 1.94 bits per heavy atom. The summed E-state index contributed by atoms with van der Waals surface area (Å²) in [6.45, 7) is 2.68. The number of rotatable bonds is 4. The van der Waals surface area contributed by atoms with E-state index in [1.54, 1.807) is 0 Å². The van der Waals surface area contributed by atoms with Gasteiger partial charge in [0.1, 0.15) is 17.1 Å². The number of amides is 3. The summed E-state index contributed by atoms with van der Waals surface area (Å²) in [5.74, 6) is -1.02. The van der Waals surface area contributed by atoms with Gasteiger partial charge in [-0.3, -0.25) is 24.3 Å². The van der Waals surface area contributed by atoms with Gasteiger partial charge >= 0.3 is 6.03 Å². The van der Waals surface area contributed by atoms with Crippen LogP contribution in [0.4, 0.5) is 4.79 Å². The van der Waals surface area contributed by atoms with Crippen molar-refractivity contribution < 1.29 is 19.2 Å². The molecule has 0 aliphatic carbocycles. The molecule has 1 N–H and O–H groups in total. The van der Waals surface area contributed by atoms with Crippen molar-refractivity contribution in [1.29, 1.82) is 0 Å². The fraction of sp³-hybridized carbons (Fsp3) is 0.636. The summed E-state index contributed by atoms with van der Waals surface area (Å²) in [6.07, 6.45) is -0.263. The molecule has 1 heterocycles. The number of carbonyl (C=O) groups excluding carboxylic acids is 4. The van der Waals surface area contributed by atoms with Gasteiger partial charge in [0.05, 0.1) is 0 Å². The zero-order valence-electron chi connectivity index (χ0n) is 10.9. The van der Waals surface area contributed by atoms with Gasteiger partial charge in [-0.25, -0.2) is 10.2 Å². The molecule has 0 atom stereocenters. The smallest absolute Gasteiger partial charge is 0.300 e. The number of hydrogen-bond acceptors (Lipinski definition) is 5. The summed E-state index contributed by atoms with van der Waals surface area (Å²) in [6, 6.07) is -0.525. The number of nitrogens with one attached hydrogen (secondary N) is 1. The van der Waals surface area contributed by atoms with Gasteiger partial charge < -0.3 is 0 Å². The predicted molar refractivity (Wildman–Crippen MR) is 62.4 cm³/mol. The second-order valence-electron chi connectivity index (χ2n) is 4.66. The third-order valence-corrected chi connectivity index (χ3v) is 2.77. The second-order valence-corrected chi connectivity index (χ2v) is 4.66. The lowest BCUT2D eigenvalue weighted by atomic mass is 9.86. The Labute approximate surface area is 105 Å². The van der Waals surface area contributed by atoms with Gasteiger partial charge in [0, 0.05) is 26.9 Å². The van der Waals surface area contributed by atoms with Gasteiger partial charge in [-0.15, -0.1) is 0 Å². The molecular weight excluding hydrogens is 238 g/mol. The fourth-order valence-corrected chi connectivity index (χ4v) is 2.19. The highest BCUT2D eigenvalue weighted by Gasteiger charge is 2.49. The average Bonchev–Trinajstić information content (AvgIpc) is 2.22. The monoisotopic (exact) mass is 255 g/mol. The minimum atomic E-state index is -1.35. The Balaban J connectivity index is 3.15. The van der Waals surface area contributed by atoms with E-state index in [-0.39, 0.29) is 24.4 Å². The van der Waals surface area contributed by atoms with Gasteiger partial charge in [0.2, 0.25) is 0 Å². The number of hydrazine groups is 1. The molecule has 0 saturated carbocycles. The zero-order valence-corrected chi connectivity index (χ0v) is 10.9. The number of ketones is 2. The van der Waals surface area contributed by atoms with Crippen LogP contribution in [-0.2, 0) is 14.4 Å². The van der Waals surface area contributed by atoms with Crippen molar-refractivity contribution in [2.45, 2.75) is 32.2 Å². The summed E-state index contributed by atoms with van der Waals surface area (Å²) < 4.78 is 0. The third-order valence-electron chi connectivity index (χ3n) is 2.77. The van der Waals surface area contributed by atoms with E-state index in [9.17, 15) is 19.2 Å². The summed E-state index contributed by atoms with van der Waals surface area (Å²) in [4.78, 5) is 47.3. The summed E-state index contributed by atoms with van der Waals surface area (Å²) in [5, 5.41) is 1.12. The second kappa shape index (κ2) is 4.85. The quantitative estimate of drug-likeness (QED) is 0.746. The van der Waals surface area contributed by atoms with Crippen molar-refractivity contribution in [2.24, 2.45) is 0 Å². The van der Waals surface area contributed by atoms with E-state index in [4.69, 9.17) is 0 Å². The van der Waals surface area contributed by atoms with Crippen LogP contribution in [0.2, 0.25) is 0 Å². The summed E-state index contributed by atoms with van der Waals surface area (Å²) >= 11 is 0. The van der Waals surface area contributed by atoms with Crippen LogP contribution in [0.3, 0.4) is 0 Å². The molecule has 1 aliphatic rings. The highest BCUT2D eigenvalue weighted by Crippen LogP contribution is 2.24. The Bertz CT molecular complexity index is 403. The van der Waals surface area contributed by atoms with Gasteiger partial charge in [0.15, 0.2) is 0 Å². The van der Waals surface area contributed by atoms with E-state index < -0.39 is 17.5 Å². The molecule has 0 bridgehead atoms. The normalized spacial score (nSPS) is 19.1. The van der Waals surface area contributed by atoms with Crippen LogP contribution >= 0.6 is 0 Å². The minimum Gasteiger partial charge on any atom is -0.300 e. The number of hydrogen-bond donors (Lipinski definition) is 1. The molecular formula is C11H17N3O4. The molecule has 3 amide bonds. The molecule has 1 fully saturated rings. The van der Waals surface area contributed by atoms with E-state index in [1.165, 1.54) is 27.9 Å².